The fraction of sp³-hybridized carbons (Fsp3) is 0.913. The zero-order valence-corrected chi connectivity index (χ0v) is 20.4. The van der Waals surface area contributed by atoms with E-state index >= 15 is 0 Å². The maximum atomic E-state index is 12.0. The molecule has 0 saturated heterocycles. The van der Waals surface area contributed by atoms with Crippen molar-refractivity contribution in [2.45, 2.75) is 116 Å². The van der Waals surface area contributed by atoms with Gasteiger partial charge in [0.05, 0.1) is 0 Å². The Morgan fingerprint density at radius 3 is 1.81 bits per heavy atom. The summed E-state index contributed by atoms with van der Waals surface area (Å²) in [6.07, 6.45) is 15.3. The van der Waals surface area contributed by atoms with Crippen LogP contribution in [-0.2, 0) is 28.2 Å². The van der Waals surface area contributed by atoms with Gasteiger partial charge < -0.3 is 15.2 Å². The van der Waals surface area contributed by atoms with E-state index in [1.54, 1.807) is 0 Å². The summed E-state index contributed by atoms with van der Waals surface area (Å²) < 4.78 is 25.9. The molecule has 0 aromatic rings. The first-order valence-electron chi connectivity index (χ1n) is 12.1. The van der Waals surface area contributed by atoms with Crippen LogP contribution in [0.2, 0.25) is 0 Å². The van der Waals surface area contributed by atoms with E-state index in [-0.39, 0.29) is 25.2 Å². The third-order valence-corrected chi connectivity index (χ3v) is 5.37. The van der Waals surface area contributed by atoms with Crippen LogP contribution in [0.3, 0.4) is 0 Å². The third-order valence-electron chi connectivity index (χ3n) is 5.11. The highest BCUT2D eigenvalue weighted by atomic mass is 31.1. The average molecular weight is 462 g/mol. The van der Waals surface area contributed by atoms with E-state index in [1.165, 1.54) is 44.9 Å². The van der Waals surface area contributed by atoms with Crippen LogP contribution in [0.15, 0.2) is 0 Å². The summed E-state index contributed by atoms with van der Waals surface area (Å²) >= 11 is 0. The van der Waals surface area contributed by atoms with Gasteiger partial charge in [0, 0.05) is 12.8 Å². The van der Waals surface area contributed by atoms with Gasteiger partial charge in [0.2, 0.25) is 0 Å². The van der Waals surface area contributed by atoms with Crippen molar-refractivity contribution in [2.75, 3.05) is 19.8 Å². The van der Waals surface area contributed by atoms with Crippen LogP contribution < -0.4 is 5.73 Å². The summed E-state index contributed by atoms with van der Waals surface area (Å²) in [6, 6.07) is 0. The largest absolute Gasteiger partial charge is 0.462 e. The van der Waals surface area contributed by atoms with Crippen LogP contribution in [-0.4, -0.2) is 37.8 Å². The molecular formula is C23H44NO6P. The average Bonchev–Trinajstić information content (AvgIpc) is 2.76. The molecule has 0 aromatic heterocycles. The minimum Gasteiger partial charge on any atom is -0.462 e. The van der Waals surface area contributed by atoms with Gasteiger partial charge >= 0.3 is 20.6 Å². The lowest BCUT2D eigenvalue weighted by molar-refractivity contribution is -0.160. The van der Waals surface area contributed by atoms with Crippen molar-refractivity contribution < 1.29 is 28.2 Å². The van der Waals surface area contributed by atoms with Crippen LogP contribution >= 0.6 is 8.69 Å². The zero-order chi connectivity index (χ0) is 23.0. The SMILES string of the molecule is CCCCCCCCC(=O)O[C@@H](COP=O)COC(=O)CCCCCCCCCCN. The Balaban J connectivity index is 3.88. The smallest absolute Gasteiger partial charge is 0.327 e. The molecule has 31 heavy (non-hydrogen) atoms. The molecule has 0 aliphatic rings. The Hall–Kier alpha value is -1.04. The lowest BCUT2D eigenvalue weighted by atomic mass is 10.1. The number of carbonyl (C=O) groups excluding carboxylic acids is 2. The van der Waals surface area contributed by atoms with Gasteiger partial charge in [0.1, 0.15) is 13.2 Å². The molecule has 0 bridgehead atoms. The van der Waals surface area contributed by atoms with Gasteiger partial charge in [0.25, 0.3) is 0 Å². The van der Waals surface area contributed by atoms with Gasteiger partial charge in [0.15, 0.2) is 6.10 Å². The van der Waals surface area contributed by atoms with E-state index in [4.69, 9.17) is 19.7 Å². The minimum absolute atomic E-state index is 0.0648. The molecular weight excluding hydrogens is 417 g/mol. The molecule has 0 fully saturated rings. The molecule has 0 aromatic carbocycles. The number of nitrogens with two attached hydrogens (primary N) is 1. The van der Waals surface area contributed by atoms with Gasteiger partial charge in [-0.3, -0.25) is 14.1 Å². The van der Waals surface area contributed by atoms with Crippen molar-refractivity contribution >= 4 is 20.6 Å². The molecule has 8 heteroatoms. The van der Waals surface area contributed by atoms with Crippen molar-refractivity contribution in [2.24, 2.45) is 5.73 Å². The lowest BCUT2D eigenvalue weighted by Crippen LogP contribution is -2.28. The number of carbonyl (C=O) groups is 2. The fourth-order valence-corrected chi connectivity index (χ4v) is 3.48. The molecule has 0 aliphatic heterocycles. The van der Waals surface area contributed by atoms with Crippen LogP contribution in [0.4, 0.5) is 0 Å². The minimum atomic E-state index is -0.730. The number of hydrogen-bond donors (Lipinski definition) is 1. The second-order valence-electron chi connectivity index (χ2n) is 8.05. The van der Waals surface area contributed by atoms with Gasteiger partial charge in [-0.15, -0.1) is 0 Å². The Bertz CT molecular complexity index is 450. The van der Waals surface area contributed by atoms with Crippen molar-refractivity contribution in [3.8, 4) is 0 Å². The summed E-state index contributed by atoms with van der Waals surface area (Å²) in [5, 5.41) is 0. The van der Waals surface area contributed by atoms with Gasteiger partial charge in [-0.2, -0.15) is 0 Å². The number of rotatable bonds is 23. The first kappa shape index (κ1) is 30.0. The van der Waals surface area contributed by atoms with Crippen LogP contribution in [0, 0.1) is 0 Å². The molecule has 2 N–H and O–H groups in total. The molecule has 0 saturated carbocycles. The van der Waals surface area contributed by atoms with Crippen molar-refractivity contribution in [1.82, 2.24) is 0 Å². The predicted octanol–water partition coefficient (Wildman–Crippen LogP) is 5.88. The quantitative estimate of drug-likeness (QED) is 0.115. The first-order chi connectivity index (χ1) is 15.1. The number of unbranched alkanes of at least 4 members (excludes halogenated alkanes) is 12. The molecule has 1 atom stereocenters. The second kappa shape index (κ2) is 23.6. The fourth-order valence-electron chi connectivity index (χ4n) is 3.26. The van der Waals surface area contributed by atoms with E-state index in [2.05, 4.69) is 6.92 Å². The molecule has 7 nitrogen and oxygen atoms in total. The topological polar surface area (TPSA) is 105 Å². The Kier molecular flexibility index (Phi) is 22.8. The highest BCUT2D eigenvalue weighted by Gasteiger charge is 2.17. The molecule has 182 valence electrons. The summed E-state index contributed by atoms with van der Waals surface area (Å²) in [4.78, 5) is 23.9. The van der Waals surface area contributed by atoms with Crippen LogP contribution in [0.1, 0.15) is 110 Å². The molecule has 0 unspecified atom stereocenters. The van der Waals surface area contributed by atoms with Crippen molar-refractivity contribution in [3.63, 3.8) is 0 Å². The summed E-state index contributed by atoms with van der Waals surface area (Å²) in [7, 11) is -0.491. The van der Waals surface area contributed by atoms with E-state index in [0.717, 1.165) is 51.5 Å². The number of ether oxygens (including phenoxy) is 2. The summed E-state index contributed by atoms with van der Waals surface area (Å²) in [5.41, 5.74) is 5.48. The maximum Gasteiger partial charge on any atom is 0.327 e. The molecule has 0 rings (SSSR count). The monoisotopic (exact) mass is 461 g/mol. The summed E-state index contributed by atoms with van der Waals surface area (Å²) in [6.45, 7) is 2.80. The Labute approximate surface area is 190 Å². The molecule has 0 radical (unpaired) electrons. The highest BCUT2D eigenvalue weighted by molar-refractivity contribution is 7.17. The van der Waals surface area contributed by atoms with E-state index in [9.17, 15) is 14.2 Å². The van der Waals surface area contributed by atoms with Crippen LogP contribution in [0.5, 0.6) is 0 Å². The Morgan fingerprint density at radius 1 is 0.742 bits per heavy atom. The highest BCUT2D eigenvalue weighted by Crippen LogP contribution is 2.11. The zero-order valence-electron chi connectivity index (χ0n) is 19.5. The summed E-state index contributed by atoms with van der Waals surface area (Å²) in [5.74, 6) is -0.645. The Morgan fingerprint density at radius 2 is 1.26 bits per heavy atom. The maximum absolute atomic E-state index is 12.0. The normalized spacial score (nSPS) is 12.1. The standard InChI is InChI=1S/C23H44NO6P/c1-2-3-4-5-10-14-17-23(26)30-21(20-29-31-27)19-28-22(25)16-13-11-8-6-7-9-12-15-18-24/h21H,2-20,24H2,1H3/t21-/m1/s1. The molecule has 0 amide bonds. The molecule has 0 aliphatic carbocycles. The van der Waals surface area contributed by atoms with Gasteiger partial charge in [-0.1, -0.05) is 77.6 Å². The number of esters is 2. The van der Waals surface area contributed by atoms with Gasteiger partial charge in [-0.25, -0.2) is 4.57 Å². The van der Waals surface area contributed by atoms with Gasteiger partial charge in [-0.05, 0) is 25.8 Å². The predicted molar refractivity (Wildman–Crippen MR) is 123 cm³/mol. The van der Waals surface area contributed by atoms with Crippen molar-refractivity contribution in [3.05, 3.63) is 0 Å². The first-order valence-corrected chi connectivity index (χ1v) is 12.9. The number of hydrogen-bond acceptors (Lipinski definition) is 7. The lowest BCUT2D eigenvalue weighted by Gasteiger charge is -2.16. The van der Waals surface area contributed by atoms with Crippen LogP contribution in [0.25, 0.3) is 0 Å². The van der Waals surface area contributed by atoms with Crippen molar-refractivity contribution in [1.29, 1.82) is 0 Å². The second-order valence-corrected chi connectivity index (χ2v) is 8.46. The van der Waals surface area contributed by atoms with E-state index in [0.29, 0.717) is 12.8 Å². The molecule has 0 heterocycles. The van der Waals surface area contributed by atoms with E-state index in [1.807, 2.05) is 0 Å². The molecule has 0 spiro atoms. The third kappa shape index (κ3) is 22.0. The van der Waals surface area contributed by atoms with E-state index < -0.39 is 14.8 Å².